The first kappa shape index (κ1) is 19.5. The van der Waals surface area contributed by atoms with Crippen LogP contribution in [-0.2, 0) is 16.7 Å². The molecular weight excluding hydrogens is 409 g/mol. The summed E-state index contributed by atoms with van der Waals surface area (Å²) in [5, 5.41) is 21.6. The number of nitriles is 1. The van der Waals surface area contributed by atoms with Crippen molar-refractivity contribution in [3.05, 3.63) is 44.8 Å². The van der Waals surface area contributed by atoms with Crippen LogP contribution in [0, 0.1) is 16.7 Å². The molecule has 2 aromatic rings. The fraction of sp³-hybridized carbons (Fsp3) is 0.333. The fourth-order valence-electron chi connectivity index (χ4n) is 2.82. The Morgan fingerprint density at radius 3 is 2.58 bits per heavy atom. The van der Waals surface area contributed by atoms with Crippen LogP contribution in [0.5, 0.6) is 0 Å². The van der Waals surface area contributed by atoms with Gasteiger partial charge in [0.15, 0.2) is 10.6 Å². The van der Waals surface area contributed by atoms with Gasteiger partial charge < -0.3 is 9.87 Å². The maximum Gasteiger partial charge on any atom is 0.176 e. The van der Waals surface area contributed by atoms with E-state index in [-0.39, 0.29) is 5.84 Å². The smallest absolute Gasteiger partial charge is 0.176 e. The van der Waals surface area contributed by atoms with Crippen molar-refractivity contribution in [2.45, 2.75) is 31.1 Å². The van der Waals surface area contributed by atoms with Gasteiger partial charge in [0.1, 0.15) is 11.3 Å². The van der Waals surface area contributed by atoms with E-state index in [1.807, 2.05) is 13.0 Å². The summed E-state index contributed by atoms with van der Waals surface area (Å²) in [5.41, 5.74) is 0.599. The number of hydrogen-bond donors (Lipinski definition) is 2. The van der Waals surface area contributed by atoms with Gasteiger partial charge in [-0.15, -0.1) is 11.3 Å². The van der Waals surface area contributed by atoms with E-state index >= 15 is 0 Å². The van der Waals surface area contributed by atoms with Crippen molar-refractivity contribution in [1.82, 2.24) is 5.32 Å². The number of benzene rings is 1. The number of thiophene rings is 1. The third kappa shape index (κ3) is 3.35. The Balaban J connectivity index is 2.03. The minimum absolute atomic E-state index is 0.241. The molecule has 1 aliphatic rings. The minimum Gasteiger partial charge on any atom is -0.616 e. The number of nitrogens with one attached hydrogen (secondary N) is 2. The number of halogens is 2. The van der Waals surface area contributed by atoms with Crippen molar-refractivity contribution in [1.29, 1.82) is 10.7 Å². The van der Waals surface area contributed by atoms with Gasteiger partial charge >= 0.3 is 0 Å². The first-order valence-corrected chi connectivity index (χ1v) is 10.7. The van der Waals surface area contributed by atoms with Crippen LogP contribution in [0.3, 0.4) is 0 Å². The number of hydrogen-bond acceptors (Lipinski definition) is 4. The van der Waals surface area contributed by atoms with Crippen molar-refractivity contribution in [2.24, 2.45) is 0 Å². The highest BCUT2D eigenvalue weighted by molar-refractivity contribution is 7.93. The molecule has 0 saturated carbocycles. The molecular formula is C18H17Cl2N3OS2. The molecule has 1 aromatic heterocycles. The Kier molecular flexibility index (Phi) is 5.06. The van der Waals surface area contributed by atoms with Gasteiger partial charge in [-0.3, -0.25) is 5.41 Å². The first-order valence-electron chi connectivity index (χ1n) is 7.83. The Labute approximate surface area is 169 Å². The zero-order valence-corrected chi connectivity index (χ0v) is 17.6. The minimum atomic E-state index is -1.21. The average Bonchev–Trinajstić information content (AvgIpc) is 2.95. The molecule has 2 N–H and O–H groups in total. The zero-order chi connectivity index (χ0) is 19.3. The van der Waals surface area contributed by atoms with Crippen molar-refractivity contribution in [3.8, 4) is 16.5 Å². The second-order valence-electron chi connectivity index (χ2n) is 6.96. The van der Waals surface area contributed by atoms with E-state index in [0.29, 0.717) is 21.4 Å². The summed E-state index contributed by atoms with van der Waals surface area (Å²) in [6.07, 6.45) is 0. The molecule has 8 heteroatoms. The van der Waals surface area contributed by atoms with E-state index < -0.39 is 21.5 Å². The molecule has 0 amide bonds. The van der Waals surface area contributed by atoms with Crippen molar-refractivity contribution < 1.29 is 4.55 Å². The zero-order valence-electron chi connectivity index (χ0n) is 14.4. The molecule has 2 heterocycles. The predicted molar refractivity (Wildman–Crippen MR) is 110 cm³/mol. The van der Waals surface area contributed by atoms with Crippen LogP contribution in [0.1, 0.15) is 31.2 Å². The van der Waals surface area contributed by atoms with Gasteiger partial charge in [-0.05, 0) is 61.8 Å². The first-order chi connectivity index (χ1) is 12.1. The lowest BCUT2D eigenvalue weighted by atomic mass is 10.00. The molecule has 3 rings (SSSR count). The van der Waals surface area contributed by atoms with Crippen LogP contribution in [-0.4, -0.2) is 20.9 Å². The third-order valence-corrected chi connectivity index (χ3v) is 8.75. The molecule has 0 aliphatic carbocycles. The maximum absolute atomic E-state index is 12.7. The summed E-state index contributed by atoms with van der Waals surface area (Å²) in [7, 11) is 0. The Morgan fingerprint density at radius 1 is 1.27 bits per heavy atom. The Hall–Kier alpha value is -1.23. The normalized spacial score (nSPS) is 24.8. The monoisotopic (exact) mass is 425 g/mol. The number of amidine groups is 1. The summed E-state index contributed by atoms with van der Waals surface area (Å²) in [5.74, 6) is 0.603. The summed E-state index contributed by atoms with van der Waals surface area (Å²) in [6.45, 7) is 5.51. The highest BCUT2D eigenvalue weighted by atomic mass is 35.5. The molecule has 0 spiro atoms. The second kappa shape index (κ2) is 6.74. The lowest BCUT2D eigenvalue weighted by molar-refractivity contribution is 0.449. The van der Waals surface area contributed by atoms with Gasteiger partial charge in [-0.2, -0.15) is 5.26 Å². The highest BCUT2D eigenvalue weighted by Gasteiger charge is 2.50. The quantitative estimate of drug-likeness (QED) is 0.669. The number of nitrogens with zero attached hydrogens (tertiary/aromatic N) is 1. The van der Waals surface area contributed by atoms with E-state index in [2.05, 4.69) is 11.4 Å². The molecule has 2 atom stereocenters. The molecule has 1 unspecified atom stereocenters. The molecule has 1 aliphatic heterocycles. The van der Waals surface area contributed by atoms with Crippen LogP contribution in [0.4, 0.5) is 0 Å². The van der Waals surface area contributed by atoms with Crippen molar-refractivity contribution >= 4 is 51.6 Å². The lowest BCUT2D eigenvalue weighted by Crippen LogP contribution is -2.63. The van der Waals surface area contributed by atoms with Crippen LogP contribution in [0.2, 0.25) is 10.0 Å². The van der Waals surface area contributed by atoms with Crippen LogP contribution in [0.25, 0.3) is 10.4 Å². The second-order valence-corrected chi connectivity index (χ2v) is 10.9. The fourth-order valence-corrected chi connectivity index (χ4v) is 6.17. The molecule has 136 valence electrons. The van der Waals surface area contributed by atoms with Crippen molar-refractivity contribution in [3.63, 3.8) is 0 Å². The van der Waals surface area contributed by atoms with Gasteiger partial charge in [0, 0.05) is 9.90 Å². The average molecular weight is 426 g/mol. The molecule has 1 saturated heterocycles. The van der Waals surface area contributed by atoms with Crippen LogP contribution >= 0.6 is 34.5 Å². The lowest BCUT2D eigenvalue weighted by Gasteiger charge is -2.43. The summed E-state index contributed by atoms with van der Waals surface area (Å²) in [4.78, 5) is 1.69. The van der Waals surface area contributed by atoms with Gasteiger partial charge in [-0.1, -0.05) is 23.2 Å². The molecule has 26 heavy (non-hydrogen) atoms. The molecule has 4 nitrogen and oxygen atoms in total. The number of rotatable bonds is 2. The topological polar surface area (TPSA) is 82.7 Å². The molecule has 0 bridgehead atoms. The predicted octanol–water partition coefficient (Wildman–Crippen LogP) is 4.92. The Bertz CT molecular complexity index is 935. The third-order valence-electron chi connectivity index (χ3n) is 4.49. The summed E-state index contributed by atoms with van der Waals surface area (Å²) >= 11 is 12.9. The molecule has 0 radical (unpaired) electrons. The highest BCUT2D eigenvalue weighted by Crippen LogP contribution is 2.44. The maximum atomic E-state index is 12.7. The summed E-state index contributed by atoms with van der Waals surface area (Å²) < 4.78 is 12.0. The largest absolute Gasteiger partial charge is 0.616 e. The van der Waals surface area contributed by atoms with Gasteiger partial charge in [0.2, 0.25) is 0 Å². The van der Waals surface area contributed by atoms with E-state index in [1.54, 1.807) is 32.0 Å². The van der Waals surface area contributed by atoms with E-state index in [0.717, 1.165) is 15.3 Å². The van der Waals surface area contributed by atoms with Gasteiger partial charge in [0.25, 0.3) is 0 Å². The van der Waals surface area contributed by atoms with Crippen LogP contribution < -0.4 is 5.32 Å². The van der Waals surface area contributed by atoms with Crippen LogP contribution in [0.15, 0.2) is 24.3 Å². The Morgan fingerprint density at radius 2 is 1.96 bits per heavy atom. The molecule has 1 fully saturated rings. The summed E-state index contributed by atoms with van der Waals surface area (Å²) in [6, 6.07) is 9.08. The van der Waals surface area contributed by atoms with Crippen molar-refractivity contribution in [2.75, 3.05) is 5.75 Å². The van der Waals surface area contributed by atoms with Gasteiger partial charge in [0.05, 0.1) is 21.5 Å². The van der Waals surface area contributed by atoms with E-state index in [4.69, 9.17) is 33.9 Å². The standard InChI is InChI=1S/C18H17Cl2N3OS2/c1-17(2)16(22)23-18(3,9-26(17)24)15-13(20)7-14(25-15)11-4-10(8-21)5-12(19)6-11/h4-7H,9H2,1-3H3,(H2,22,23)/t18-,26?/m0/s1. The van der Waals surface area contributed by atoms with E-state index in [1.165, 1.54) is 11.3 Å². The molecule has 1 aromatic carbocycles. The van der Waals surface area contributed by atoms with E-state index in [9.17, 15) is 4.55 Å². The SMILES string of the molecule is CC1(C)C(=N)N[C@](C)(c2sc(-c3cc(Cl)cc(C#N)c3)cc2Cl)C[S+]1[O-]. The van der Waals surface area contributed by atoms with Gasteiger partial charge in [-0.25, -0.2) is 0 Å².